The van der Waals surface area contributed by atoms with Crippen molar-refractivity contribution in [2.24, 2.45) is 0 Å². The predicted octanol–water partition coefficient (Wildman–Crippen LogP) is 5.91. The Morgan fingerprint density at radius 3 is 2.14 bits per heavy atom. The molecule has 0 fully saturated rings. The Hall–Kier alpha value is -1.63. The van der Waals surface area contributed by atoms with E-state index in [1.807, 2.05) is 6.92 Å². The van der Waals surface area contributed by atoms with Crippen LogP contribution in [0.3, 0.4) is 0 Å². The Kier molecular flexibility index (Phi) is 4.82. The summed E-state index contributed by atoms with van der Waals surface area (Å²) in [6.45, 7) is 7.88. The molecule has 0 spiro atoms. The van der Waals surface area contributed by atoms with E-state index in [-0.39, 0.29) is 0 Å². The van der Waals surface area contributed by atoms with Crippen molar-refractivity contribution in [1.29, 1.82) is 0 Å². The summed E-state index contributed by atoms with van der Waals surface area (Å²) in [5.41, 5.74) is 5.07. The van der Waals surface area contributed by atoms with Gasteiger partial charge in [0.15, 0.2) is 0 Å². The van der Waals surface area contributed by atoms with E-state index < -0.39 is 5.67 Å². The van der Waals surface area contributed by atoms with Gasteiger partial charge in [0, 0.05) is 6.42 Å². The van der Waals surface area contributed by atoms with Gasteiger partial charge in [-0.15, -0.1) is 0 Å². The molecule has 0 nitrogen and oxygen atoms in total. The number of benzene rings is 2. The highest BCUT2D eigenvalue weighted by Gasteiger charge is 2.20. The second kappa shape index (κ2) is 6.43. The summed E-state index contributed by atoms with van der Waals surface area (Å²) in [6.07, 6.45) is 2.08. The molecule has 0 saturated carbocycles. The number of aryl methyl sites for hydroxylation is 2. The summed E-state index contributed by atoms with van der Waals surface area (Å²) in [7, 11) is 0. The molecule has 2 rings (SSSR count). The molecule has 1 atom stereocenters. The first-order valence-electron chi connectivity index (χ1n) is 7.83. The molecule has 0 aromatic heterocycles. The smallest absolute Gasteiger partial charge is 0.112 e. The third kappa shape index (κ3) is 3.93. The predicted molar refractivity (Wildman–Crippen MR) is 89.5 cm³/mol. The highest BCUT2D eigenvalue weighted by molar-refractivity contribution is 5.68. The van der Waals surface area contributed by atoms with Crippen LogP contribution in [0, 0.1) is 6.92 Å². The van der Waals surface area contributed by atoms with Crippen molar-refractivity contribution in [3.05, 3.63) is 59.2 Å². The summed E-state index contributed by atoms with van der Waals surface area (Å²) >= 11 is 0. The highest BCUT2D eigenvalue weighted by Crippen LogP contribution is 2.27. The van der Waals surface area contributed by atoms with Gasteiger partial charge in [-0.3, -0.25) is 0 Å². The Labute approximate surface area is 128 Å². The molecule has 0 aliphatic carbocycles. The van der Waals surface area contributed by atoms with E-state index in [0.717, 1.165) is 12.0 Å². The van der Waals surface area contributed by atoms with E-state index in [1.54, 1.807) is 6.92 Å². The summed E-state index contributed by atoms with van der Waals surface area (Å²) < 4.78 is 14.1. The van der Waals surface area contributed by atoms with Gasteiger partial charge in [-0.1, -0.05) is 56.3 Å². The van der Waals surface area contributed by atoms with Crippen molar-refractivity contribution in [2.45, 2.75) is 52.6 Å². The number of rotatable bonds is 5. The minimum Gasteiger partial charge on any atom is -0.244 e. The van der Waals surface area contributed by atoms with E-state index in [1.165, 1.54) is 22.3 Å². The largest absolute Gasteiger partial charge is 0.244 e. The van der Waals surface area contributed by atoms with Crippen molar-refractivity contribution in [2.75, 3.05) is 0 Å². The van der Waals surface area contributed by atoms with Crippen molar-refractivity contribution in [1.82, 2.24) is 0 Å². The molecule has 2 aromatic rings. The first-order chi connectivity index (χ1) is 9.95. The van der Waals surface area contributed by atoms with Crippen molar-refractivity contribution in [3.63, 3.8) is 0 Å². The lowest BCUT2D eigenvalue weighted by molar-refractivity contribution is 0.183. The molecule has 112 valence electrons. The molecule has 0 heterocycles. The van der Waals surface area contributed by atoms with Crippen LogP contribution < -0.4 is 0 Å². The Bertz CT molecular complexity index is 594. The minimum atomic E-state index is -1.11. The number of alkyl halides is 1. The number of hydrogen-bond donors (Lipinski definition) is 0. The van der Waals surface area contributed by atoms with Gasteiger partial charge in [-0.25, -0.2) is 4.39 Å². The van der Waals surface area contributed by atoms with Gasteiger partial charge in [0.25, 0.3) is 0 Å². The standard InChI is InChI=1S/C20H25F/c1-5-16-8-7-15(3)19(13-16)18-11-9-17(10-12-18)14-20(4,21)6-2/h7-13H,5-6,14H2,1-4H3. The lowest BCUT2D eigenvalue weighted by Crippen LogP contribution is -2.19. The number of hydrogen-bond acceptors (Lipinski definition) is 0. The van der Waals surface area contributed by atoms with Crippen LogP contribution in [0.25, 0.3) is 11.1 Å². The van der Waals surface area contributed by atoms with E-state index in [2.05, 4.69) is 56.3 Å². The maximum absolute atomic E-state index is 14.1. The highest BCUT2D eigenvalue weighted by atomic mass is 19.1. The maximum atomic E-state index is 14.1. The molecule has 0 bridgehead atoms. The summed E-state index contributed by atoms with van der Waals surface area (Å²) in [5, 5.41) is 0. The van der Waals surface area contributed by atoms with Gasteiger partial charge in [0.05, 0.1) is 0 Å². The summed E-state index contributed by atoms with van der Waals surface area (Å²) in [6, 6.07) is 15.0. The SMILES string of the molecule is CCc1ccc(C)c(-c2ccc(CC(C)(F)CC)cc2)c1. The molecule has 0 amide bonds. The molecule has 0 aliphatic heterocycles. The van der Waals surface area contributed by atoms with E-state index in [0.29, 0.717) is 12.8 Å². The maximum Gasteiger partial charge on any atom is 0.112 e. The van der Waals surface area contributed by atoms with Crippen LogP contribution in [0.2, 0.25) is 0 Å². The Morgan fingerprint density at radius 1 is 0.952 bits per heavy atom. The van der Waals surface area contributed by atoms with Gasteiger partial charge in [0.1, 0.15) is 5.67 Å². The van der Waals surface area contributed by atoms with Crippen LogP contribution in [-0.2, 0) is 12.8 Å². The Morgan fingerprint density at radius 2 is 1.57 bits per heavy atom. The second-order valence-corrected chi connectivity index (χ2v) is 6.14. The van der Waals surface area contributed by atoms with Gasteiger partial charge in [-0.05, 0) is 54.5 Å². The molecule has 0 N–H and O–H groups in total. The lowest BCUT2D eigenvalue weighted by atomic mass is 9.93. The third-order valence-electron chi connectivity index (χ3n) is 4.29. The lowest BCUT2D eigenvalue weighted by Gasteiger charge is -2.18. The molecular formula is C20H25F. The number of halogens is 1. The van der Waals surface area contributed by atoms with Gasteiger partial charge in [0.2, 0.25) is 0 Å². The Balaban J connectivity index is 2.27. The molecule has 2 aromatic carbocycles. The molecule has 1 heteroatoms. The molecule has 21 heavy (non-hydrogen) atoms. The van der Waals surface area contributed by atoms with E-state index in [4.69, 9.17) is 0 Å². The molecule has 0 aliphatic rings. The zero-order chi connectivity index (χ0) is 15.5. The topological polar surface area (TPSA) is 0 Å². The fraction of sp³-hybridized carbons (Fsp3) is 0.400. The monoisotopic (exact) mass is 284 g/mol. The molecule has 0 radical (unpaired) electrons. The fourth-order valence-corrected chi connectivity index (χ4v) is 2.55. The van der Waals surface area contributed by atoms with E-state index in [9.17, 15) is 4.39 Å². The van der Waals surface area contributed by atoms with E-state index >= 15 is 0 Å². The fourth-order valence-electron chi connectivity index (χ4n) is 2.55. The van der Waals surface area contributed by atoms with Crippen molar-refractivity contribution < 1.29 is 4.39 Å². The van der Waals surface area contributed by atoms with Crippen molar-refractivity contribution >= 4 is 0 Å². The first-order valence-corrected chi connectivity index (χ1v) is 7.83. The van der Waals surface area contributed by atoms with Crippen LogP contribution in [0.4, 0.5) is 4.39 Å². The average Bonchev–Trinajstić information content (AvgIpc) is 2.48. The quantitative estimate of drug-likeness (QED) is 0.640. The summed E-state index contributed by atoms with van der Waals surface area (Å²) in [4.78, 5) is 0. The van der Waals surface area contributed by atoms with Crippen LogP contribution in [0.1, 0.15) is 43.9 Å². The first kappa shape index (κ1) is 15.8. The zero-order valence-corrected chi connectivity index (χ0v) is 13.5. The normalized spacial score (nSPS) is 14.0. The summed E-state index contributed by atoms with van der Waals surface area (Å²) in [5.74, 6) is 0. The van der Waals surface area contributed by atoms with Crippen LogP contribution in [0.15, 0.2) is 42.5 Å². The van der Waals surface area contributed by atoms with Crippen LogP contribution in [-0.4, -0.2) is 5.67 Å². The molecular weight excluding hydrogens is 259 g/mol. The van der Waals surface area contributed by atoms with Crippen molar-refractivity contribution in [3.8, 4) is 11.1 Å². The zero-order valence-electron chi connectivity index (χ0n) is 13.5. The molecule has 0 saturated heterocycles. The average molecular weight is 284 g/mol. The minimum absolute atomic E-state index is 0.484. The van der Waals surface area contributed by atoms with Gasteiger partial charge >= 0.3 is 0 Å². The molecule has 1 unspecified atom stereocenters. The third-order valence-corrected chi connectivity index (χ3v) is 4.29. The van der Waals surface area contributed by atoms with Gasteiger partial charge < -0.3 is 0 Å². The van der Waals surface area contributed by atoms with Crippen LogP contribution in [0.5, 0.6) is 0 Å². The van der Waals surface area contributed by atoms with Gasteiger partial charge in [-0.2, -0.15) is 0 Å². The second-order valence-electron chi connectivity index (χ2n) is 6.14. The van der Waals surface area contributed by atoms with Crippen LogP contribution >= 0.6 is 0 Å².